The molecule has 1 aliphatic rings. The second kappa shape index (κ2) is 7.99. The summed E-state index contributed by atoms with van der Waals surface area (Å²) in [6.07, 6.45) is 2.70. The molecule has 2 unspecified atom stereocenters. The van der Waals surface area contributed by atoms with Crippen LogP contribution in [0.5, 0.6) is 0 Å². The monoisotopic (exact) mass is 356 g/mol. The average molecular weight is 356 g/mol. The molecular formula is C20H21FN2O3. The third kappa shape index (κ3) is 4.59. The Bertz CT molecular complexity index is 775. The van der Waals surface area contributed by atoms with Gasteiger partial charge in [0.2, 0.25) is 0 Å². The second-order valence-electron chi connectivity index (χ2n) is 6.59. The molecule has 2 atom stereocenters. The van der Waals surface area contributed by atoms with Crippen molar-refractivity contribution < 1.29 is 19.1 Å². The summed E-state index contributed by atoms with van der Waals surface area (Å²) in [5.41, 5.74) is 2.16. The first kappa shape index (κ1) is 17.9. The number of aromatic carboxylic acids is 1. The lowest BCUT2D eigenvalue weighted by Gasteiger charge is -2.14. The van der Waals surface area contributed by atoms with Crippen LogP contribution in [0, 0.1) is 5.82 Å². The van der Waals surface area contributed by atoms with E-state index in [0.29, 0.717) is 12.5 Å². The van der Waals surface area contributed by atoms with Crippen LogP contribution in [0.3, 0.4) is 0 Å². The highest BCUT2D eigenvalue weighted by molar-refractivity contribution is 5.87. The summed E-state index contributed by atoms with van der Waals surface area (Å²) in [4.78, 5) is 22.9. The summed E-state index contributed by atoms with van der Waals surface area (Å²) in [6, 6.07) is 12.8. The average Bonchev–Trinajstić information content (AvgIpc) is 3.09. The minimum atomic E-state index is -0.973. The first-order valence-corrected chi connectivity index (χ1v) is 8.63. The number of urea groups is 1. The molecule has 2 amide bonds. The summed E-state index contributed by atoms with van der Waals surface area (Å²) >= 11 is 0. The molecule has 2 aromatic rings. The van der Waals surface area contributed by atoms with Crippen molar-refractivity contribution in [1.29, 1.82) is 0 Å². The molecule has 26 heavy (non-hydrogen) atoms. The SMILES string of the molecule is O=C(NCc1ccc(C(=O)O)cc1)NC1CCC(c2ccc(F)cc2)C1. The quantitative estimate of drug-likeness (QED) is 0.765. The van der Waals surface area contributed by atoms with E-state index in [1.807, 2.05) is 12.1 Å². The van der Waals surface area contributed by atoms with Gasteiger partial charge in [0, 0.05) is 12.6 Å². The molecule has 2 aromatic carbocycles. The Morgan fingerprint density at radius 1 is 1.04 bits per heavy atom. The number of hydrogen-bond acceptors (Lipinski definition) is 2. The normalized spacial score (nSPS) is 19.1. The molecule has 6 heteroatoms. The predicted octanol–water partition coefficient (Wildman–Crippen LogP) is 3.66. The number of carbonyl (C=O) groups excluding carboxylic acids is 1. The van der Waals surface area contributed by atoms with E-state index in [4.69, 9.17) is 5.11 Å². The van der Waals surface area contributed by atoms with Gasteiger partial charge in [0.1, 0.15) is 5.82 Å². The first-order valence-electron chi connectivity index (χ1n) is 8.63. The van der Waals surface area contributed by atoms with E-state index in [9.17, 15) is 14.0 Å². The van der Waals surface area contributed by atoms with Crippen LogP contribution in [-0.4, -0.2) is 23.1 Å². The molecule has 0 heterocycles. The molecule has 1 fully saturated rings. The van der Waals surface area contributed by atoms with Gasteiger partial charge in [-0.1, -0.05) is 24.3 Å². The molecule has 1 saturated carbocycles. The molecule has 0 bridgehead atoms. The van der Waals surface area contributed by atoms with Crippen molar-refractivity contribution in [3.05, 3.63) is 71.0 Å². The number of amides is 2. The van der Waals surface area contributed by atoms with E-state index < -0.39 is 5.97 Å². The van der Waals surface area contributed by atoms with E-state index in [2.05, 4.69) is 10.6 Å². The fourth-order valence-corrected chi connectivity index (χ4v) is 3.33. The Labute approximate surface area is 151 Å². The number of hydrogen-bond donors (Lipinski definition) is 3. The first-order chi connectivity index (χ1) is 12.5. The number of carbonyl (C=O) groups is 2. The Morgan fingerprint density at radius 3 is 2.38 bits per heavy atom. The van der Waals surface area contributed by atoms with Gasteiger partial charge in [0.25, 0.3) is 0 Å². The van der Waals surface area contributed by atoms with Crippen LogP contribution in [0.25, 0.3) is 0 Å². The number of carboxylic acid groups (broad SMARTS) is 1. The number of rotatable bonds is 5. The van der Waals surface area contributed by atoms with Gasteiger partial charge in [0.05, 0.1) is 5.56 Å². The summed E-state index contributed by atoms with van der Waals surface area (Å²) < 4.78 is 13.0. The standard InChI is InChI=1S/C20H21FN2O3/c21-17-8-5-14(6-9-17)16-7-10-18(11-16)23-20(26)22-12-13-1-3-15(4-2-13)19(24)25/h1-6,8-9,16,18H,7,10-12H2,(H,24,25)(H2,22,23,26). The van der Waals surface area contributed by atoms with Gasteiger partial charge in [-0.15, -0.1) is 0 Å². The largest absolute Gasteiger partial charge is 0.478 e. The lowest BCUT2D eigenvalue weighted by Crippen LogP contribution is -2.40. The second-order valence-corrected chi connectivity index (χ2v) is 6.59. The van der Waals surface area contributed by atoms with E-state index in [1.165, 1.54) is 24.3 Å². The molecule has 0 spiro atoms. The zero-order valence-electron chi connectivity index (χ0n) is 14.2. The maximum atomic E-state index is 13.0. The summed E-state index contributed by atoms with van der Waals surface area (Å²) in [5.74, 6) is -0.874. The van der Waals surface area contributed by atoms with Crippen molar-refractivity contribution in [3.63, 3.8) is 0 Å². The highest BCUT2D eigenvalue weighted by Gasteiger charge is 2.26. The summed E-state index contributed by atoms with van der Waals surface area (Å²) in [5, 5.41) is 14.6. The molecule has 136 valence electrons. The smallest absolute Gasteiger partial charge is 0.335 e. The van der Waals surface area contributed by atoms with Gasteiger partial charge in [-0.2, -0.15) is 0 Å². The Morgan fingerprint density at radius 2 is 1.73 bits per heavy atom. The zero-order chi connectivity index (χ0) is 18.5. The summed E-state index contributed by atoms with van der Waals surface area (Å²) in [6.45, 7) is 0.333. The molecular weight excluding hydrogens is 335 g/mol. The molecule has 3 N–H and O–H groups in total. The molecule has 5 nitrogen and oxygen atoms in total. The molecule has 0 saturated heterocycles. The highest BCUT2D eigenvalue weighted by atomic mass is 19.1. The van der Waals surface area contributed by atoms with Crippen LogP contribution in [0.4, 0.5) is 9.18 Å². The van der Waals surface area contributed by atoms with Crippen molar-refractivity contribution in [2.45, 2.75) is 37.8 Å². The maximum Gasteiger partial charge on any atom is 0.335 e. The van der Waals surface area contributed by atoms with Crippen molar-refractivity contribution in [2.24, 2.45) is 0 Å². The third-order valence-corrected chi connectivity index (χ3v) is 4.76. The summed E-state index contributed by atoms with van der Waals surface area (Å²) in [7, 11) is 0. The Kier molecular flexibility index (Phi) is 5.51. The van der Waals surface area contributed by atoms with Crippen LogP contribution in [-0.2, 0) is 6.54 Å². The van der Waals surface area contributed by atoms with Gasteiger partial charge in [-0.05, 0) is 60.6 Å². The highest BCUT2D eigenvalue weighted by Crippen LogP contribution is 2.34. The Hall–Kier alpha value is -2.89. The molecule has 3 rings (SSSR count). The molecule has 0 aliphatic heterocycles. The molecule has 1 aliphatic carbocycles. The number of benzene rings is 2. The Balaban J connectivity index is 1.45. The molecule has 0 aromatic heterocycles. The van der Waals surface area contributed by atoms with Gasteiger partial charge < -0.3 is 15.7 Å². The van der Waals surface area contributed by atoms with E-state index in [1.54, 1.807) is 12.1 Å². The third-order valence-electron chi connectivity index (χ3n) is 4.76. The van der Waals surface area contributed by atoms with E-state index in [-0.39, 0.29) is 23.5 Å². The number of carboxylic acids is 1. The van der Waals surface area contributed by atoms with Gasteiger partial charge in [0.15, 0.2) is 0 Å². The van der Waals surface area contributed by atoms with Crippen LogP contribution in [0.2, 0.25) is 0 Å². The van der Waals surface area contributed by atoms with Crippen molar-refractivity contribution in [2.75, 3.05) is 0 Å². The van der Waals surface area contributed by atoms with E-state index in [0.717, 1.165) is 30.4 Å². The zero-order valence-corrected chi connectivity index (χ0v) is 14.2. The fourth-order valence-electron chi connectivity index (χ4n) is 3.33. The lowest BCUT2D eigenvalue weighted by molar-refractivity contribution is 0.0697. The lowest BCUT2D eigenvalue weighted by atomic mass is 9.97. The van der Waals surface area contributed by atoms with Gasteiger partial charge in [-0.3, -0.25) is 0 Å². The maximum absolute atomic E-state index is 13.0. The van der Waals surface area contributed by atoms with Crippen LogP contribution in [0.15, 0.2) is 48.5 Å². The predicted molar refractivity (Wildman–Crippen MR) is 95.6 cm³/mol. The number of halogens is 1. The minimum Gasteiger partial charge on any atom is -0.478 e. The topological polar surface area (TPSA) is 78.4 Å². The van der Waals surface area contributed by atoms with Crippen LogP contribution in [0.1, 0.15) is 46.7 Å². The van der Waals surface area contributed by atoms with Crippen molar-refractivity contribution in [1.82, 2.24) is 10.6 Å². The van der Waals surface area contributed by atoms with Gasteiger partial charge in [-0.25, -0.2) is 14.0 Å². The minimum absolute atomic E-state index is 0.0967. The fraction of sp³-hybridized carbons (Fsp3) is 0.300. The molecule has 0 radical (unpaired) electrons. The number of nitrogens with one attached hydrogen (secondary N) is 2. The van der Waals surface area contributed by atoms with Crippen molar-refractivity contribution >= 4 is 12.0 Å². The van der Waals surface area contributed by atoms with E-state index >= 15 is 0 Å². The van der Waals surface area contributed by atoms with Gasteiger partial charge >= 0.3 is 12.0 Å². The van der Waals surface area contributed by atoms with Crippen LogP contribution < -0.4 is 10.6 Å². The van der Waals surface area contributed by atoms with Crippen LogP contribution >= 0.6 is 0 Å². The van der Waals surface area contributed by atoms with Crippen molar-refractivity contribution in [3.8, 4) is 0 Å².